The van der Waals surface area contributed by atoms with E-state index < -0.39 is 6.09 Å². The van der Waals surface area contributed by atoms with Crippen molar-refractivity contribution in [3.63, 3.8) is 0 Å². The van der Waals surface area contributed by atoms with Crippen LogP contribution in [0.3, 0.4) is 0 Å². The standard InChI is InChI=1S/C14H15BrN2O3/c1-8(2)19-14(18)16-12-9(3)17-20-13(12)10-4-6-11(15)7-5-10/h4-8H,1-3H3,(H,16,18). The van der Waals surface area contributed by atoms with Gasteiger partial charge in [0.05, 0.1) is 6.10 Å². The van der Waals surface area contributed by atoms with Gasteiger partial charge in [-0.3, -0.25) is 5.32 Å². The fourth-order valence-corrected chi connectivity index (χ4v) is 1.93. The molecule has 1 amide bonds. The van der Waals surface area contributed by atoms with Gasteiger partial charge in [0, 0.05) is 10.0 Å². The van der Waals surface area contributed by atoms with Crippen molar-refractivity contribution in [3.05, 3.63) is 34.4 Å². The van der Waals surface area contributed by atoms with Crippen LogP contribution in [-0.4, -0.2) is 17.4 Å². The molecule has 5 nitrogen and oxygen atoms in total. The van der Waals surface area contributed by atoms with Crippen LogP contribution in [0.1, 0.15) is 19.5 Å². The summed E-state index contributed by atoms with van der Waals surface area (Å²) in [6.07, 6.45) is -0.712. The number of nitrogens with one attached hydrogen (secondary N) is 1. The number of hydrogen-bond donors (Lipinski definition) is 1. The first-order valence-electron chi connectivity index (χ1n) is 6.17. The van der Waals surface area contributed by atoms with Crippen LogP contribution in [0.2, 0.25) is 0 Å². The number of nitrogens with zero attached hydrogens (tertiary/aromatic N) is 1. The van der Waals surface area contributed by atoms with Crippen molar-refractivity contribution < 1.29 is 14.1 Å². The number of anilines is 1. The van der Waals surface area contributed by atoms with Gasteiger partial charge in [-0.05, 0) is 45.0 Å². The summed E-state index contributed by atoms with van der Waals surface area (Å²) in [5.74, 6) is 0.510. The predicted octanol–water partition coefficient (Wildman–Crippen LogP) is 4.37. The molecule has 0 bridgehead atoms. The number of benzene rings is 1. The minimum absolute atomic E-state index is 0.189. The summed E-state index contributed by atoms with van der Waals surface area (Å²) in [5, 5.41) is 6.56. The maximum Gasteiger partial charge on any atom is 0.412 e. The molecule has 0 unspecified atom stereocenters. The van der Waals surface area contributed by atoms with Gasteiger partial charge in [0.25, 0.3) is 0 Å². The second-order valence-electron chi connectivity index (χ2n) is 4.56. The molecule has 1 heterocycles. The Balaban J connectivity index is 2.27. The second kappa shape index (κ2) is 6.09. The molecular formula is C14H15BrN2O3. The van der Waals surface area contributed by atoms with Crippen molar-refractivity contribution in [2.75, 3.05) is 5.32 Å². The summed E-state index contributed by atoms with van der Waals surface area (Å²) >= 11 is 3.37. The van der Waals surface area contributed by atoms with E-state index in [1.54, 1.807) is 20.8 Å². The lowest BCUT2D eigenvalue weighted by molar-refractivity contribution is 0.130. The number of carbonyl (C=O) groups is 1. The third-order valence-corrected chi connectivity index (χ3v) is 3.07. The number of rotatable bonds is 3. The lowest BCUT2D eigenvalue weighted by atomic mass is 10.1. The SMILES string of the molecule is Cc1noc(-c2ccc(Br)cc2)c1NC(=O)OC(C)C. The maximum atomic E-state index is 11.7. The Morgan fingerprint density at radius 3 is 2.60 bits per heavy atom. The van der Waals surface area contributed by atoms with Crippen molar-refractivity contribution in [2.45, 2.75) is 26.9 Å². The number of aromatic nitrogens is 1. The molecule has 1 aromatic heterocycles. The van der Waals surface area contributed by atoms with E-state index >= 15 is 0 Å². The molecule has 0 radical (unpaired) electrons. The molecule has 1 N–H and O–H groups in total. The molecule has 0 atom stereocenters. The van der Waals surface area contributed by atoms with Gasteiger partial charge in [-0.15, -0.1) is 0 Å². The lowest BCUT2D eigenvalue weighted by Crippen LogP contribution is -2.18. The Kier molecular flexibility index (Phi) is 4.44. The summed E-state index contributed by atoms with van der Waals surface area (Å²) in [7, 11) is 0. The van der Waals surface area contributed by atoms with Gasteiger partial charge in [0.15, 0.2) is 5.76 Å². The molecule has 2 rings (SSSR count). The lowest BCUT2D eigenvalue weighted by Gasteiger charge is -2.09. The first-order chi connectivity index (χ1) is 9.47. The van der Waals surface area contributed by atoms with Crippen molar-refractivity contribution in [3.8, 4) is 11.3 Å². The first kappa shape index (κ1) is 14.6. The van der Waals surface area contributed by atoms with E-state index in [4.69, 9.17) is 9.26 Å². The molecule has 0 saturated heterocycles. The van der Waals surface area contributed by atoms with E-state index in [0.717, 1.165) is 10.0 Å². The largest absolute Gasteiger partial charge is 0.447 e. The Morgan fingerprint density at radius 1 is 1.35 bits per heavy atom. The third kappa shape index (κ3) is 3.39. The fraction of sp³-hybridized carbons (Fsp3) is 0.286. The Morgan fingerprint density at radius 2 is 2.00 bits per heavy atom. The quantitative estimate of drug-likeness (QED) is 0.902. The van der Waals surface area contributed by atoms with E-state index in [2.05, 4.69) is 26.4 Å². The highest BCUT2D eigenvalue weighted by molar-refractivity contribution is 9.10. The Bertz CT molecular complexity index is 605. The zero-order valence-corrected chi connectivity index (χ0v) is 13.0. The monoisotopic (exact) mass is 338 g/mol. The molecule has 0 aliphatic rings. The van der Waals surface area contributed by atoms with Gasteiger partial charge in [0.2, 0.25) is 0 Å². The maximum absolute atomic E-state index is 11.7. The molecule has 0 spiro atoms. The van der Waals surface area contributed by atoms with Crippen molar-refractivity contribution >= 4 is 27.7 Å². The summed E-state index contributed by atoms with van der Waals surface area (Å²) < 4.78 is 11.3. The number of hydrogen-bond acceptors (Lipinski definition) is 4. The van der Waals surface area contributed by atoms with Crippen LogP contribution in [0.5, 0.6) is 0 Å². The van der Waals surface area contributed by atoms with E-state index in [9.17, 15) is 4.79 Å². The highest BCUT2D eigenvalue weighted by atomic mass is 79.9. The summed E-state index contributed by atoms with van der Waals surface area (Å²) in [4.78, 5) is 11.7. The van der Waals surface area contributed by atoms with Crippen LogP contribution in [0.4, 0.5) is 10.5 Å². The second-order valence-corrected chi connectivity index (χ2v) is 5.47. The predicted molar refractivity (Wildman–Crippen MR) is 79.6 cm³/mol. The van der Waals surface area contributed by atoms with Crippen LogP contribution in [0, 0.1) is 6.92 Å². The van der Waals surface area contributed by atoms with Gasteiger partial charge in [-0.2, -0.15) is 0 Å². The van der Waals surface area contributed by atoms with E-state index in [1.807, 2.05) is 24.3 Å². The average Bonchev–Trinajstić information content (AvgIpc) is 2.71. The highest BCUT2D eigenvalue weighted by Crippen LogP contribution is 2.31. The van der Waals surface area contributed by atoms with Gasteiger partial charge in [0.1, 0.15) is 11.4 Å². The van der Waals surface area contributed by atoms with E-state index in [1.165, 1.54) is 0 Å². The molecule has 0 aliphatic heterocycles. The molecule has 6 heteroatoms. The van der Waals surface area contributed by atoms with Crippen LogP contribution in [0.15, 0.2) is 33.3 Å². The summed E-state index contributed by atoms with van der Waals surface area (Å²) in [5.41, 5.74) is 1.95. The molecule has 0 fully saturated rings. The minimum atomic E-state index is -0.523. The van der Waals surface area contributed by atoms with Crippen LogP contribution >= 0.6 is 15.9 Å². The zero-order valence-electron chi connectivity index (χ0n) is 11.4. The molecule has 106 valence electrons. The minimum Gasteiger partial charge on any atom is -0.447 e. The smallest absolute Gasteiger partial charge is 0.412 e. The van der Waals surface area contributed by atoms with Gasteiger partial charge < -0.3 is 9.26 Å². The topological polar surface area (TPSA) is 64.4 Å². The van der Waals surface area contributed by atoms with Gasteiger partial charge in [-0.25, -0.2) is 4.79 Å². The normalized spacial score (nSPS) is 10.7. The van der Waals surface area contributed by atoms with Crippen molar-refractivity contribution in [1.29, 1.82) is 0 Å². The van der Waals surface area contributed by atoms with Crippen LogP contribution in [-0.2, 0) is 4.74 Å². The number of ether oxygens (including phenoxy) is 1. The van der Waals surface area contributed by atoms with Crippen molar-refractivity contribution in [2.24, 2.45) is 0 Å². The number of carbonyl (C=O) groups excluding carboxylic acids is 1. The Hall–Kier alpha value is -1.82. The first-order valence-corrected chi connectivity index (χ1v) is 6.96. The molecule has 20 heavy (non-hydrogen) atoms. The molecule has 0 saturated carbocycles. The Labute approximate surface area is 125 Å². The van der Waals surface area contributed by atoms with E-state index in [-0.39, 0.29) is 6.10 Å². The summed E-state index contributed by atoms with van der Waals surface area (Å²) in [6.45, 7) is 5.34. The molecule has 2 aromatic rings. The molecular weight excluding hydrogens is 324 g/mol. The molecule has 0 aliphatic carbocycles. The number of amides is 1. The number of aryl methyl sites for hydroxylation is 1. The third-order valence-electron chi connectivity index (χ3n) is 2.54. The highest BCUT2D eigenvalue weighted by Gasteiger charge is 2.18. The van der Waals surface area contributed by atoms with Crippen molar-refractivity contribution in [1.82, 2.24) is 5.16 Å². The van der Waals surface area contributed by atoms with Gasteiger partial charge >= 0.3 is 6.09 Å². The average molecular weight is 339 g/mol. The van der Waals surface area contributed by atoms with Gasteiger partial charge in [-0.1, -0.05) is 21.1 Å². The fourth-order valence-electron chi connectivity index (χ4n) is 1.66. The number of halogens is 1. The van der Waals surface area contributed by atoms with Crippen LogP contribution in [0.25, 0.3) is 11.3 Å². The molecule has 1 aromatic carbocycles. The zero-order chi connectivity index (χ0) is 14.7. The van der Waals surface area contributed by atoms with E-state index in [0.29, 0.717) is 17.1 Å². The summed E-state index contributed by atoms with van der Waals surface area (Å²) in [6, 6.07) is 7.54. The van der Waals surface area contributed by atoms with Crippen LogP contribution < -0.4 is 5.32 Å².